The fraction of sp³-hybridized carbons (Fsp3) is 0.556. The number of aromatic nitrogens is 1. The summed E-state index contributed by atoms with van der Waals surface area (Å²) in [5.74, 6) is 0.682. The first kappa shape index (κ1) is 32.2. The van der Waals surface area contributed by atoms with Crippen molar-refractivity contribution in [1.82, 2.24) is 23.4 Å². The number of benzene rings is 2. The normalized spacial score (nSPS) is 22.8. The Labute approximate surface area is 278 Å². The number of amides is 2. The van der Waals surface area contributed by atoms with Crippen LogP contribution in [0, 0.1) is 5.41 Å². The van der Waals surface area contributed by atoms with Gasteiger partial charge in [-0.25, -0.2) is 4.72 Å². The maximum Gasteiger partial charge on any atom is 0.303 e. The molecule has 2 amide bonds. The number of hydrogen-bond donors (Lipinski definition) is 1. The molecule has 3 heterocycles. The van der Waals surface area contributed by atoms with Gasteiger partial charge in [-0.15, -0.1) is 0 Å². The average molecular weight is 662 g/mol. The fourth-order valence-corrected chi connectivity index (χ4v) is 9.00. The van der Waals surface area contributed by atoms with Crippen molar-refractivity contribution in [3.63, 3.8) is 0 Å². The molecular weight excluding hydrogens is 614 g/mol. The highest BCUT2D eigenvalue weighted by atomic mass is 32.2. The topological polar surface area (TPSA) is 104 Å². The van der Waals surface area contributed by atoms with E-state index in [0.717, 1.165) is 76.7 Å². The molecule has 0 bridgehead atoms. The summed E-state index contributed by atoms with van der Waals surface area (Å²) in [6.07, 6.45) is 8.93. The Morgan fingerprint density at radius 2 is 1.74 bits per heavy atom. The maximum absolute atomic E-state index is 14.6. The molecule has 1 N–H and O–H groups in total. The van der Waals surface area contributed by atoms with Crippen LogP contribution in [0.15, 0.2) is 36.4 Å². The zero-order chi connectivity index (χ0) is 33.1. The van der Waals surface area contributed by atoms with Gasteiger partial charge in [0.05, 0.1) is 18.2 Å². The molecular formula is C36H47N5O5S. The molecule has 2 aromatic carbocycles. The number of hydrogen-bond acceptors (Lipinski definition) is 6. The van der Waals surface area contributed by atoms with Gasteiger partial charge in [0.1, 0.15) is 5.75 Å². The lowest BCUT2D eigenvalue weighted by molar-refractivity contribution is -0.136. The summed E-state index contributed by atoms with van der Waals surface area (Å²) in [6.45, 7) is 4.26. The van der Waals surface area contributed by atoms with Crippen molar-refractivity contribution in [3.8, 4) is 17.0 Å². The number of rotatable bonds is 9. The molecule has 1 aromatic heterocycles. The van der Waals surface area contributed by atoms with E-state index in [1.165, 1.54) is 51.8 Å². The van der Waals surface area contributed by atoms with Crippen LogP contribution in [0.25, 0.3) is 22.2 Å². The minimum Gasteiger partial charge on any atom is -0.497 e. The minimum absolute atomic E-state index is 0.0557. The Bertz CT molecular complexity index is 1820. The quantitative estimate of drug-likeness (QED) is 0.349. The molecule has 2 atom stereocenters. The molecule has 4 aliphatic rings. The van der Waals surface area contributed by atoms with Crippen LogP contribution in [0.1, 0.15) is 84.7 Å². The number of methoxy groups -OCH3 is 1. The molecule has 0 spiro atoms. The molecule has 2 aliphatic carbocycles. The summed E-state index contributed by atoms with van der Waals surface area (Å²) in [4.78, 5) is 32.3. The van der Waals surface area contributed by atoms with Crippen LogP contribution < -0.4 is 9.46 Å². The second kappa shape index (κ2) is 12.2. The van der Waals surface area contributed by atoms with Gasteiger partial charge in [-0.3, -0.25) is 9.59 Å². The van der Waals surface area contributed by atoms with Crippen LogP contribution in [0.4, 0.5) is 0 Å². The molecule has 3 aromatic rings. The first-order valence-corrected chi connectivity index (χ1v) is 18.5. The molecule has 252 valence electrons. The largest absolute Gasteiger partial charge is 0.497 e. The average Bonchev–Trinajstić information content (AvgIpc) is 3.42. The van der Waals surface area contributed by atoms with Crippen molar-refractivity contribution >= 4 is 32.9 Å². The number of nitrogens with zero attached hydrogens (tertiary/aromatic N) is 4. The Kier molecular flexibility index (Phi) is 8.37. The zero-order valence-corrected chi connectivity index (χ0v) is 28.9. The second-order valence-corrected chi connectivity index (χ2v) is 16.2. The number of carbonyl (C=O) groups is 2. The van der Waals surface area contributed by atoms with Gasteiger partial charge >= 0.3 is 10.2 Å². The van der Waals surface area contributed by atoms with Crippen LogP contribution >= 0.6 is 0 Å². The van der Waals surface area contributed by atoms with E-state index < -0.39 is 21.5 Å². The standard InChI is InChI=1S/C36H47N5O5S/c1-38(2)47(44,45)37-34(42)25-12-14-28-31(20-25)41-23-36(35(43)39(3)18-19-40-16-8-9-17-40)22-30(36)29-21-26(46-4)13-15-27(29)33(41)32(28)24-10-6-5-7-11-24/h12-15,20-21,24,30H,5-11,16-19,22-23H2,1-4H3,(H,37,42). The highest BCUT2D eigenvalue weighted by Crippen LogP contribution is 2.66. The summed E-state index contributed by atoms with van der Waals surface area (Å²) in [7, 11) is 2.44. The number of fused-ring (bicyclic) bond motifs is 7. The predicted octanol–water partition coefficient (Wildman–Crippen LogP) is 4.94. The Morgan fingerprint density at radius 3 is 2.45 bits per heavy atom. The number of ether oxygens (including phenoxy) is 1. The maximum atomic E-state index is 14.6. The third-order valence-electron chi connectivity index (χ3n) is 11.2. The van der Waals surface area contributed by atoms with Crippen molar-refractivity contribution < 1.29 is 22.7 Å². The molecule has 1 saturated heterocycles. The van der Waals surface area contributed by atoms with E-state index in [-0.39, 0.29) is 17.4 Å². The predicted molar refractivity (Wildman–Crippen MR) is 183 cm³/mol. The van der Waals surface area contributed by atoms with Crippen LogP contribution in [-0.2, 0) is 21.5 Å². The highest BCUT2D eigenvalue weighted by molar-refractivity contribution is 7.87. The lowest BCUT2D eigenvalue weighted by atomic mass is 9.81. The highest BCUT2D eigenvalue weighted by Gasteiger charge is 2.63. The number of likely N-dealkylation sites (tertiary alicyclic amines) is 1. The van der Waals surface area contributed by atoms with Gasteiger partial charge in [0.2, 0.25) is 5.91 Å². The van der Waals surface area contributed by atoms with E-state index in [4.69, 9.17) is 4.74 Å². The second-order valence-electron chi connectivity index (χ2n) is 14.3. The van der Waals surface area contributed by atoms with Gasteiger partial charge in [0, 0.05) is 68.7 Å². The summed E-state index contributed by atoms with van der Waals surface area (Å²) in [5.41, 5.74) is 5.21. The van der Waals surface area contributed by atoms with Gasteiger partial charge in [0.25, 0.3) is 5.91 Å². The molecule has 47 heavy (non-hydrogen) atoms. The summed E-state index contributed by atoms with van der Waals surface area (Å²) in [6, 6.07) is 11.8. The van der Waals surface area contributed by atoms with Crippen molar-refractivity contribution in [2.45, 2.75) is 69.7 Å². The van der Waals surface area contributed by atoms with E-state index in [0.29, 0.717) is 19.0 Å². The van der Waals surface area contributed by atoms with Gasteiger partial charge < -0.3 is 19.1 Å². The van der Waals surface area contributed by atoms with Crippen molar-refractivity contribution in [2.75, 3.05) is 54.4 Å². The monoisotopic (exact) mass is 661 g/mol. The van der Waals surface area contributed by atoms with E-state index in [1.54, 1.807) is 13.2 Å². The molecule has 3 fully saturated rings. The third-order valence-corrected chi connectivity index (χ3v) is 12.6. The third kappa shape index (κ3) is 5.64. The lowest BCUT2D eigenvalue weighted by Crippen LogP contribution is -2.41. The van der Waals surface area contributed by atoms with E-state index in [1.807, 2.05) is 30.1 Å². The number of likely N-dealkylation sites (N-methyl/N-ethyl adjacent to an activating group) is 1. The summed E-state index contributed by atoms with van der Waals surface area (Å²) >= 11 is 0. The van der Waals surface area contributed by atoms with Crippen LogP contribution in [0.3, 0.4) is 0 Å². The van der Waals surface area contributed by atoms with Crippen molar-refractivity contribution in [1.29, 1.82) is 0 Å². The van der Waals surface area contributed by atoms with Crippen molar-refractivity contribution in [2.24, 2.45) is 5.41 Å². The lowest BCUT2D eigenvalue weighted by Gasteiger charge is -2.27. The summed E-state index contributed by atoms with van der Waals surface area (Å²) in [5, 5.41) is 1.07. The van der Waals surface area contributed by atoms with Gasteiger partial charge in [0.15, 0.2) is 0 Å². The molecule has 2 saturated carbocycles. The molecule has 11 heteroatoms. The summed E-state index contributed by atoms with van der Waals surface area (Å²) < 4.78 is 36.3. The SMILES string of the molecule is COc1ccc2c(c1)C1CC1(C(=O)N(C)CCN1CCCC1)Cn1c-2c(C2CCCCC2)c2ccc(C(=O)NS(=O)(=O)N(C)C)cc21. The Balaban J connectivity index is 1.37. The Morgan fingerprint density at radius 1 is 1.00 bits per heavy atom. The number of nitrogens with one attached hydrogen (secondary N) is 1. The van der Waals surface area contributed by atoms with Crippen LogP contribution in [0.5, 0.6) is 5.75 Å². The van der Waals surface area contributed by atoms with E-state index in [9.17, 15) is 18.0 Å². The Hall–Kier alpha value is -3.41. The molecule has 0 radical (unpaired) electrons. The van der Waals surface area contributed by atoms with Gasteiger partial charge in [-0.1, -0.05) is 25.3 Å². The molecule has 2 unspecified atom stereocenters. The van der Waals surface area contributed by atoms with Crippen LogP contribution in [0.2, 0.25) is 0 Å². The van der Waals surface area contributed by atoms with Crippen LogP contribution in [-0.4, -0.2) is 93.3 Å². The van der Waals surface area contributed by atoms with E-state index >= 15 is 0 Å². The first-order chi connectivity index (χ1) is 22.5. The smallest absolute Gasteiger partial charge is 0.303 e. The van der Waals surface area contributed by atoms with E-state index in [2.05, 4.69) is 26.3 Å². The van der Waals surface area contributed by atoms with Gasteiger partial charge in [-0.05, 0) is 92.6 Å². The molecule has 10 nitrogen and oxygen atoms in total. The molecule has 7 rings (SSSR count). The molecule has 2 aliphatic heterocycles. The zero-order valence-electron chi connectivity index (χ0n) is 28.0. The first-order valence-electron chi connectivity index (χ1n) is 17.1. The minimum atomic E-state index is -3.96. The van der Waals surface area contributed by atoms with Gasteiger partial charge in [-0.2, -0.15) is 12.7 Å². The number of carbonyl (C=O) groups excluding carboxylic acids is 2. The fourth-order valence-electron chi connectivity index (χ4n) is 8.47. The van der Waals surface area contributed by atoms with Crippen molar-refractivity contribution in [3.05, 3.63) is 53.1 Å².